The molecule has 0 atom stereocenters. The van der Waals surface area contributed by atoms with Gasteiger partial charge in [0.25, 0.3) is 0 Å². The van der Waals surface area contributed by atoms with Gasteiger partial charge in [-0.1, -0.05) is 0 Å². The highest BCUT2D eigenvalue weighted by Crippen LogP contribution is 2.32. The number of hydrogen-bond acceptors (Lipinski definition) is 3. The third-order valence-corrected chi connectivity index (χ3v) is 2.21. The molecule has 1 rings (SSSR count). The Labute approximate surface area is 83.9 Å². The lowest BCUT2D eigenvalue weighted by atomic mass is 10.0. The molecule has 0 saturated carbocycles. The van der Waals surface area contributed by atoms with Crippen molar-refractivity contribution in [3.8, 4) is 17.6 Å². The molecule has 3 heteroatoms. The van der Waals surface area contributed by atoms with Crippen LogP contribution in [0.2, 0.25) is 0 Å². The maximum absolute atomic E-state index is 8.99. The first-order chi connectivity index (χ1) is 6.65. The smallest absolute Gasteiger partial charge is 0.140 e. The van der Waals surface area contributed by atoms with Crippen molar-refractivity contribution in [2.75, 3.05) is 14.2 Å². The topological polar surface area (TPSA) is 42.2 Å². The average molecular weight is 191 g/mol. The molecule has 0 aromatic heterocycles. The molecule has 0 bridgehead atoms. The van der Waals surface area contributed by atoms with Crippen LogP contribution in [0.5, 0.6) is 11.5 Å². The minimum atomic E-state index is 0.546. The van der Waals surface area contributed by atoms with Gasteiger partial charge in [0.2, 0.25) is 0 Å². The fraction of sp³-hybridized carbons (Fsp3) is 0.364. The van der Waals surface area contributed by atoms with Gasteiger partial charge in [0.15, 0.2) is 0 Å². The summed E-state index contributed by atoms with van der Waals surface area (Å²) in [5.41, 5.74) is 2.27. The highest BCUT2D eigenvalue weighted by Gasteiger charge is 2.13. The molecule has 3 nitrogen and oxygen atoms in total. The van der Waals surface area contributed by atoms with Gasteiger partial charge >= 0.3 is 0 Å². The summed E-state index contributed by atoms with van der Waals surface area (Å²) in [5.74, 6) is 1.35. The molecule has 0 radical (unpaired) electrons. The number of nitriles is 1. The van der Waals surface area contributed by atoms with Gasteiger partial charge in [-0.2, -0.15) is 5.26 Å². The summed E-state index contributed by atoms with van der Waals surface area (Å²) in [4.78, 5) is 0. The normalized spacial score (nSPS) is 9.36. The van der Waals surface area contributed by atoms with E-state index in [1.54, 1.807) is 14.2 Å². The zero-order valence-electron chi connectivity index (χ0n) is 8.84. The van der Waals surface area contributed by atoms with Gasteiger partial charge in [-0.05, 0) is 25.5 Å². The predicted octanol–water partition coefficient (Wildman–Crippen LogP) is 2.19. The number of aryl methyl sites for hydroxylation is 1. The Kier molecular flexibility index (Phi) is 2.98. The van der Waals surface area contributed by atoms with Crippen LogP contribution in [0.4, 0.5) is 0 Å². The number of nitrogens with zero attached hydrogens (tertiary/aromatic N) is 1. The van der Waals surface area contributed by atoms with Crippen molar-refractivity contribution in [2.45, 2.75) is 13.8 Å². The first-order valence-electron chi connectivity index (χ1n) is 4.28. The number of hydrogen-bond donors (Lipinski definition) is 0. The summed E-state index contributed by atoms with van der Waals surface area (Å²) in [6.07, 6.45) is 0. The molecular weight excluding hydrogens is 178 g/mol. The highest BCUT2D eigenvalue weighted by molar-refractivity contribution is 5.58. The van der Waals surface area contributed by atoms with E-state index in [1.807, 2.05) is 19.9 Å². The molecule has 0 fully saturated rings. The van der Waals surface area contributed by atoms with Crippen molar-refractivity contribution in [3.05, 3.63) is 22.8 Å². The molecule has 1 aromatic carbocycles. The van der Waals surface area contributed by atoms with Gasteiger partial charge in [-0.15, -0.1) is 0 Å². The molecule has 0 aliphatic heterocycles. The minimum absolute atomic E-state index is 0.546. The fourth-order valence-corrected chi connectivity index (χ4v) is 1.47. The SMILES string of the molecule is COc1cc(C)c(OC)c(C#N)c1C. The fourth-order valence-electron chi connectivity index (χ4n) is 1.47. The summed E-state index contributed by atoms with van der Waals surface area (Å²) in [6.45, 7) is 3.74. The van der Waals surface area contributed by atoms with Crippen LogP contribution >= 0.6 is 0 Å². The average Bonchev–Trinajstić information content (AvgIpc) is 2.20. The van der Waals surface area contributed by atoms with Crippen LogP contribution in [0.3, 0.4) is 0 Å². The Morgan fingerprint density at radius 3 is 2.29 bits per heavy atom. The molecule has 0 amide bonds. The second-order valence-corrected chi connectivity index (χ2v) is 3.04. The first kappa shape index (κ1) is 10.4. The standard InChI is InChI=1S/C11H13NO2/c1-7-5-10(13-3)8(2)9(6-12)11(7)14-4/h5H,1-4H3. The molecule has 74 valence electrons. The summed E-state index contributed by atoms with van der Waals surface area (Å²) >= 11 is 0. The summed E-state index contributed by atoms with van der Waals surface area (Å²) in [6, 6.07) is 4.00. The van der Waals surface area contributed by atoms with E-state index in [0.29, 0.717) is 11.3 Å². The van der Waals surface area contributed by atoms with Crippen LogP contribution in [0.1, 0.15) is 16.7 Å². The number of benzene rings is 1. The highest BCUT2D eigenvalue weighted by atomic mass is 16.5. The molecule has 0 unspecified atom stereocenters. The lowest BCUT2D eigenvalue weighted by Gasteiger charge is -2.12. The van der Waals surface area contributed by atoms with E-state index in [9.17, 15) is 0 Å². The van der Waals surface area contributed by atoms with Crippen LogP contribution in [0.15, 0.2) is 6.07 Å². The summed E-state index contributed by atoms with van der Waals surface area (Å²) in [5, 5.41) is 8.99. The van der Waals surface area contributed by atoms with Gasteiger partial charge in [-0.3, -0.25) is 0 Å². The number of ether oxygens (including phenoxy) is 2. The van der Waals surface area contributed by atoms with E-state index in [1.165, 1.54) is 0 Å². The van der Waals surface area contributed by atoms with E-state index in [0.717, 1.165) is 16.9 Å². The zero-order valence-corrected chi connectivity index (χ0v) is 8.84. The van der Waals surface area contributed by atoms with Gasteiger partial charge < -0.3 is 9.47 Å². The molecule has 0 aliphatic rings. The van der Waals surface area contributed by atoms with Crippen molar-refractivity contribution in [3.63, 3.8) is 0 Å². The second-order valence-electron chi connectivity index (χ2n) is 3.04. The molecule has 0 aliphatic carbocycles. The molecule has 0 spiro atoms. The van der Waals surface area contributed by atoms with E-state index < -0.39 is 0 Å². The first-order valence-corrected chi connectivity index (χ1v) is 4.28. The zero-order chi connectivity index (χ0) is 10.7. The Balaban J connectivity index is 3.50. The monoisotopic (exact) mass is 191 g/mol. The van der Waals surface area contributed by atoms with Crippen LogP contribution in [0, 0.1) is 25.2 Å². The lowest BCUT2D eigenvalue weighted by Crippen LogP contribution is -1.97. The van der Waals surface area contributed by atoms with Crippen LogP contribution in [0.25, 0.3) is 0 Å². The Morgan fingerprint density at radius 2 is 1.86 bits per heavy atom. The number of rotatable bonds is 2. The Hall–Kier alpha value is -1.69. The van der Waals surface area contributed by atoms with E-state index in [-0.39, 0.29) is 0 Å². The van der Waals surface area contributed by atoms with E-state index in [4.69, 9.17) is 14.7 Å². The summed E-state index contributed by atoms with van der Waals surface area (Å²) in [7, 11) is 3.16. The van der Waals surface area contributed by atoms with Gasteiger partial charge in [0.1, 0.15) is 23.1 Å². The maximum Gasteiger partial charge on any atom is 0.140 e. The lowest BCUT2D eigenvalue weighted by molar-refractivity contribution is 0.397. The maximum atomic E-state index is 8.99. The quantitative estimate of drug-likeness (QED) is 0.719. The van der Waals surface area contributed by atoms with Gasteiger partial charge in [-0.25, -0.2) is 0 Å². The molecular formula is C11H13NO2. The predicted molar refractivity (Wildman–Crippen MR) is 53.7 cm³/mol. The van der Waals surface area contributed by atoms with Crippen molar-refractivity contribution >= 4 is 0 Å². The largest absolute Gasteiger partial charge is 0.496 e. The van der Waals surface area contributed by atoms with Gasteiger partial charge in [0.05, 0.1) is 14.2 Å². The minimum Gasteiger partial charge on any atom is -0.496 e. The van der Waals surface area contributed by atoms with Crippen LogP contribution in [-0.2, 0) is 0 Å². The van der Waals surface area contributed by atoms with Gasteiger partial charge in [0, 0.05) is 5.56 Å². The van der Waals surface area contributed by atoms with Crippen molar-refractivity contribution < 1.29 is 9.47 Å². The molecule has 1 aromatic rings. The van der Waals surface area contributed by atoms with Crippen molar-refractivity contribution in [1.29, 1.82) is 5.26 Å². The second kappa shape index (κ2) is 4.01. The van der Waals surface area contributed by atoms with E-state index >= 15 is 0 Å². The number of methoxy groups -OCH3 is 2. The van der Waals surface area contributed by atoms with E-state index in [2.05, 4.69) is 6.07 Å². The van der Waals surface area contributed by atoms with Crippen molar-refractivity contribution in [1.82, 2.24) is 0 Å². The third-order valence-electron chi connectivity index (χ3n) is 2.21. The Morgan fingerprint density at radius 1 is 1.21 bits per heavy atom. The Bertz CT molecular complexity index is 391. The third kappa shape index (κ3) is 1.51. The van der Waals surface area contributed by atoms with Crippen molar-refractivity contribution in [2.24, 2.45) is 0 Å². The molecule has 0 saturated heterocycles. The van der Waals surface area contributed by atoms with Crippen LogP contribution < -0.4 is 9.47 Å². The summed E-state index contributed by atoms with van der Waals surface area (Å²) < 4.78 is 10.3. The molecule has 0 heterocycles. The molecule has 0 N–H and O–H groups in total. The molecule has 14 heavy (non-hydrogen) atoms. The van der Waals surface area contributed by atoms with Crippen LogP contribution in [-0.4, -0.2) is 14.2 Å².